The van der Waals surface area contributed by atoms with Crippen molar-refractivity contribution < 1.29 is 22.7 Å². The lowest BCUT2D eigenvalue weighted by Gasteiger charge is -2.34. The zero-order valence-electron chi connectivity index (χ0n) is 14.0. The summed E-state index contributed by atoms with van der Waals surface area (Å²) in [6.45, 7) is 6.41. The number of amides is 2. The highest BCUT2D eigenvalue weighted by atomic mass is 32.2. The molecule has 132 valence electrons. The quantitative estimate of drug-likeness (QED) is 0.803. The normalized spacial score (nSPS) is 27.5. The molecule has 2 rings (SSSR count). The number of rotatable bonds is 2. The second-order valence-electron chi connectivity index (χ2n) is 7.37. The molecule has 0 spiro atoms. The van der Waals surface area contributed by atoms with Crippen molar-refractivity contribution in [3.05, 3.63) is 0 Å². The van der Waals surface area contributed by atoms with Gasteiger partial charge in [0.2, 0.25) is 5.91 Å². The Morgan fingerprint density at radius 3 is 2.48 bits per heavy atom. The van der Waals surface area contributed by atoms with E-state index in [-0.39, 0.29) is 23.5 Å². The molecule has 2 fully saturated rings. The van der Waals surface area contributed by atoms with Crippen molar-refractivity contribution in [3.8, 4) is 0 Å². The van der Waals surface area contributed by atoms with Crippen molar-refractivity contribution in [3.63, 3.8) is 0 Å². The molecule has 0 aromatic rings. The molecule has 2 atom stereocenters. The van der Waals surface area contributed by atoms with Crippen molar-refractivity contribution >= 4 is 21.8 Å². The summed E-state index contributed by atoms with van der Waals surface area (Å²) < 4.78 is 28.3. The summed E-state index contributed by atoms with van der Waals surface area (Å²) in [5.41, 5.74) is -0.563. The van der Waals surface area contributed by atoms with Crippen LogP contribution in [0.1, 0.15) is 40.0 Å². The van der Waals surface area contributed by atoms with Gasteiger partial charge in [0, 0.05) is 19.1 Å². The van der Waals surface area contributed by atoms with Gasteiger partial charge >= 0.3 is 6.09 Å². The van der Waals surface area contributed by atoms with Crippen LogP contribution >= 0.6 is 0 Å². The molecule has 0 radical (unpaired) electrons. The Hall–Kier alpha value is -1.31. The minimum absolute atomic E-state index is 0.0491. The third kappa shape index (κ3) is 5.37. The van der Waals surface area contributed by atoms with Gasteiger partial charge in [0.15, 0.2) is 9.84 Å². The highest BCUT2D eigenvalue weighted by Crippen LogP contribution is 2.23. The van der Waals surface area contributed by atoms with E-state index >= 15 is 0 Å². The van der Waals surface area contributed by atoms with Crippen LogP contribution in [0.15, 0.2) is 0 Å². The van der Waals surface area contributed by atoms with Crippen LogP contribution in [0.5, 0.6) is 0 Å². The summed E-state index contributed by atoms with van der Waals surface area (Å²) in [5, 5.41) is 2.79. The summed E-state index contributed by atoms with van der Waals surface area (Å²) in [4.78, 5) is 26.0. The van der Waals surface area contributed by atoms with Crippen molar-refractivity contribution in [1.82, 2.24) is 10.2 Å². The third-order valence-corrected chi connectivity index (χ3v) is 5.80. The molecule has 2 heterocycles. The van der Waals surface area contributed by atoms with Gasteiger partial charge in [-0.25, -0.2) is 13.2 Å². The lowest BCUT2D eigenvalue weighted by molar-refractivity contribution is -0.136. The van der Waals surface area contributed by atoms with E-state index in [1.54, 1.807) is 25.7 Å². The first-order valence-electron chi connectivity index (χ1n) is 8.04. The number of carbonyl (C=O) groups excluding carboxylic acids is 2. The van der Waals surface area contributed by atoms with E-state index in [9.17, 15) is 18.0 Å². The number of nitrogens with zero attached hydrogens (tertiary/aromatic N) is 1. The highest BCUT2D eigenvalue weighted by molar-refractivity contribution is 7.91. The van der Waals surface area contributed by atoms with Gasteiger partial charge in [-0.05, 0) is 40.0 Å². The van der Waals surface area contributed by atoms with Crippen molar-refractivity contribution in [2.75, 3.05) is 24.6 Å². The number of likely N-dealkylation sites (tertiary alicyclic amines) is 1. The Bertz CT molecular complexity index is 567. The molecule has 2 aliphatic heterocycles. The molecule has 2 unspecified atom stereocenters. The first-order valence-corrected chi connectivity index (χ1v) is 9.86. The predicted molar refractivity (Wildman–Crippen MR) is 85.7 cm³/mol. The topological polar surface area (TPSA) is 92.8 Å². The van der Waals surface area contributed by atoms with E-state index in [0.29, 0.717) is 19.5 Å². The fraction of sp³-hybridized carbons (Fsp3) is 0.867. The molecule has 23 heavy (non-hydrogen) atoms. The Balaban J connectivity index is 1.88. The molecule has 0 bridgehead atoms. The lowest BCUT2D eigenvalue weighted by Crippen LogP contribution is -2.51. The number of ether oxygens (including phenoxy) is 1. The van der Waals surface area contributed by atoms with Gasteiger partial charge in [0.05, 0.1) is 17.4 Å². The maximum atomic E-state index is 12.5. The molecule has 8 heteroatoms. The average Bonchev–Trinajstić information content (AvgIpc) is 2.76. The second-order valence-corrected chi connectivity index (χ2v) is 9.60. The van der Waals surface area contributed by atoms with E-state index < -0.39 is 27.4 Å². The Morgan fingerprint density at radius 2 is 1.91 bits per heavy atom. The lowest BCUT2D eigenvalue weighted by atomic mass is 10.0. The molecule has 0 aromatic heterocycles. The number of hydrogen-bond acceptors (Lipinski definition) is 5. The Labute approximate surface area is 137 Å². The molecule has 2 aliphatic rings. The van der Waals surface area contributed by atoms with Crippen molar-refractivity contribution in [2.45, 2.75) is 51.7 Å². The minimum atomic E-state index is -3.07. The molecule has 2 saturated heterocycles. The number of carbonyl (C=O) groups is 2. The SMILES string of the molecule is CC(C)(C)OC(=O)NC1CCCN(C(=O)C2CCS(=O)(=O)C2)C1. The molecular weight excluding hydrogens is 320 g/mol. The van der Waals surface area contributed by atoms with Gasteiger partial charge < -0.3 is 15.0 Å². The zero-order valence-corrected chi connectivity index (χ0v) is 14.8. The maximum Gasteiger partial charge on any atom is 0.407 e. The van der Waals surface area contributed by atoms with Gasteiger partial charge in [-0.1, -0.05) is 0 Å². The van der Waals surface area contributed by atoms with Gasteiger partial charge in [-0.3, -0.25) is 4.79 Å². The van der Waals surface area contributed by atoms with Gasteiger partial charge in [0.25, 0.3) is 0 Å². The summed E-state index contributed by atoms with van der Waals surface area (Å²) in [6.07, 6.45) is 1.49. The fourth-order valence-corrected chi connectivity index (χ4v) is 4.75. The molecule has 1 N–H and O–H groups in total. The van der Waals surface area contributed by atoms with E-state index in [1.807, 2.05) is 0 Å². The minimum Gasteiger partial charge on any atom is -0.444 e. The van der Waals surface area contributed by atoms with Crippen LogP contribution < -0.4 is 5.32 Å². The van der Waals surface area contributed by atoms with E-state index in [0.717, 1.165) is 12.8 Å². The van der Waals surface area contributed by atoms with Gasteiger partial charge in [0.1, 0.15) is 5.60 Å². The van der Waals surface area contributed by atoms with Crippen LogP contribution in [0, 0.1) is 5.92 Å². The Morgan fingerprint density at radius 1 is 1.22 bits per heavy atom. The van der Waals surface area contributed by atoms with Gasteiger partial charge in [-0.2, -0.15) is 0 Å². The van der Waals surface area contributed by atoms with Crippen LogP contribution in [0.2, 0.25) is 0 Å². The molecular formula is C15H26N2O5S. The van der Waals surface area contributed by atoms with Crippen LogP contribution in [0.4, 0.5) is 4.79 Å². The molecule has 0 aliphatic carbocycles. The van der Waals surface area contributed by atoms with Crippen molar-refractivity contribution in [1.29, 1.82) is 0 Å². The number of nitrogens with one attached hydrogen (secondary N) is 1. The maximum absolute atomic E-state index is 12.5. The van der Waals surface area contributed by atoms with Crippen LogP contribution in [0.3, 0.4) is 0 Å². The Kier molecular flexibility index (Phi) is 5.23. The monoisotopic (exact) mass is 346 g/mol. The standard InChI is InChI=1S/C15H26N2O5S/c1-15(2,3)22-14(19)16-12-5-4-7-17(9-12)13(18)11-6-8-23(20,21)10-11/h11-12H,4-10H2,1-3H3,(H,16,19). The predicted octanol–water partition coefficient (Wildman–Crippen LogP) is 0.937. The van der Waals surface area contributed by atoms with Crippen LogP contribution in [0.25, 0.3) is 0 Å². The number of hydrogen-bond donors (Lipinski definition) is 1. The van der Waals surface area contributed by atoms with Crippen LogP contribution in [-0.4, -0.2) is 61.6 Å². The zero-order chi connectivity index (χ0) is 17.3. The average molecular weight is 346 g/mol. The van der Waals surface area contributed by atoms with E-state index in [2.05, 4.69) is 5.32 Å². The summed E-state index contributed by atoms with van der Waals surface area (Å²) in [5.74, 6) is -0.495. The first kappa shape index (κ1) is 18.0. The van der Waals surface area contributed by atoms with Crippen LogP contribution in [-0.2, 0) is 19.4 Å². The number of sulfone groups is 1. The fourth-order valence-electron chi connectivity index (χ4n) is 3.02. The van der Waals surface area contributed by atoms with E-state index in [1.165, 1.54) is 0 Å². The summed E-state index contributed by atoms with van der Waals surface area (Å²) in [7, 11) is -3.07. The molecule has 7 nitrogen and oxygen atoms in total. The first-order chi connectivity index (χ1) is 10.6. The smallest absolute Gasteiger partial charge is 0.407 e. The highest BCUT2D eigenvalue weighted by Gasteiger charge is 2.37. The number of piperidine rings is 1. The van der Waals surface area contributed by atoms with Gasteiger partial charge in [-0.15, -0.1) is 0 Å². The number of alkyl carbamates (subject to hydrolysis) is 1. The van der Waals surface area contributed by atoms with Crippen molar-refractivity contribution in [2.24, 2.45) is 5.92 Å². The third-order valence-electron chi connectivity index (χ3n) is 4.04. The second kappa shape index (κ2) is 6.67. The largest absolute Gasteiger partial charge is 0.444 e. The molecule has 0 saturated carbocycles. The molecule has 2 amide bonds. The summed E-state index contributed by atoms with van der Waals surface area (Å²) in [6, 6.07) is -0.152. The summed E-state index contributed by atoms with van der Waals surface area (Å²) >= 11 is 0. The molecule has 0 aromatic carbocycles. The van der Waals surface area contributed by atoms with E-state index in [4.69, 9.17) is 4.74 Å².